The van der Waals surface area contributed by atoms with Crippen molar-refractivity contribution >= 4 is 22.7 Å². The van der Waals surface area contributed by atoms with E-state index in [4.69, 9.17) is 20.2 Å². The van der Waals surface area contributed by atoms with Crippen LogP contribution < -0.4 is 20.1 Å². The van der Waals surface area contributed by atoms with Gasteiger partial charge in [-0.05, 0) is 25.0 Å². The molecule has 26 heavy (non-hydrogen) atoms. The van der Waals surface area contributed by atoms with Crippen LogP contribution in [-0.2, 0) is 0 Å². The Morgan fingerprint density at radius 1 is 1.08 bits per heavy atom. The van der Waals surface area contributed by atoms with Crippen LogP contribution in [0.25, 0.3) is 10.9 Å². The standard InChI is InChI=1S/C18H22N6O2/c1-25-15-10-13-14(11-16(15)26-2)21-18(22-17(13)19)23-8-4-12(5-9-23)24-7-3-6-20-24/h3,6-7,10-12H,4-5,8-9H2,1-2H3,(H2,19,21,22). The summed E-state index contributed by atoms with van der Waals surface area (Å²) in [6, 6.07) is 6.04. The molecular formula is C18H22N6O2. The summed E-state index contributed by atoms with van der Waals surface area (Å²) in [6.07, 6.45) is 5.83. The van der Waals surface area contributed by atoms with Gasteiger partial charge in [-0.25, -0.2) is 4.98 Å². The lowest BCUT2D eigenvalue weighted by molar-refractivity contribution is 0.355. The number of benzene rings is 1. The van der Waals surface area contributed by atoms with Gasteiger partial charge in [0.1, 0.15) is 5.82 Å². The molecule has 8 heteroatoms. The van der Waals surface area contributed by atoms with Gasteiger partial charge >= 0.3 is 0 Å². The fourth-order valence-corrected chi connectivity index (χ4v) is 3.44. The van der Waals surface area contributed by atoms with Crippen molar-refractivity contribution in [2.24, 2.45) is 0 Å². The average molecular weight is 354 g/mol. The molecule has 0 unspecified atom stereocenters. The van der Waals surface area contributed by atoms with Gasteiger partial charge < -0.3 is 20.1 Å². The van der Waals surface area contributed by atoms with Crippen LogP contribution in [0.1, 0.15) is 18.9 Å². The number of rotatable bonds is 4. The molecule has 8 nitrogen and oxygen atoms in total. The highest BCUT2D eigenvalue weighted by atomic mass is 16.5. The van der Waals surface area contributed by atoms with Crippen LogP contribution in [-0.4, -0.2) is 47.1 Å². The SMILES string of the molecule is COc1cc2nc(N3CCC(n4cccn4)CC3)nc(N)c2cc1OC. The number of fused-ring (bicyclic) bond motifs is 1. The van der Waals surface area contributed by atoms with Crippen LogP contribution in [0.4, 0.5) is 11.8 Å². The lowest BCUT2D eigenvalue weighted by atomic mass is 10.1. The Hall–Kier alpha value is -3.03. The molecule has 0 atom stereocenters. The van der Waals surface area contributed by atoms with E-state index in [0.717, 1.165) is 36.8 Å². The van der Waals surface area contributed by atoms with Gasteiger partial charge in [0, 0.05) is 36.9 Å². The highest BCUT2D eigenvalue weighted by Gasteiger charge is 2.23. The van der Waals surface area contributed by atoms with Crippen molar-refractivity contribution in [1.29, 1.82) is 0 Å². The van der Waals surface area contributed by atoms with Crippen LogP contribution >= 0.6 is 0 Å². The van der Waals surface area contributed by atoms with Gasteiger partial charge in [-0.3, -0.25) is 4.68 Å². The molecule has 1 aliphatic rings. The van der Waals surface area contributed by atoms with E-state index in [0.29, 0.717) is 29.3 Å². The highest BCUT2D eigenvalue weighted by molar-refractivity contribution is 5.91. The number of methoxy groups -OCH3 is 2. The lowest BCUT2D eigenvalue weighted by Crippen LogP contribution is -2.36. The number of nitrogen functional groups attached to an aromatic ring is 1. The molecule has 136 valence electrons. The van der Waals surface area contributed by atoms with Crippen molar-refractivity contribution in [2.75, 3.05) is 37.9 Å². The van der Waals surface area contributed by atoms with E-state index in [1.807, 2.05) is 35.3 Å². The number of ether oxygens (including phenoxy) is 2. The van der Waals surface area contributed by atoms with Crippen molar-refractivity contribution < 1.29 is 9.47 Å². The number of anilines is 2. The van der Waals surface area contributed by atoms with Gasteiger partial charge in [-0.1, -0.05) is 0 Å². The highest BCUT2D eigenvalue weighted by Crippen LogP contribution is 2.34. The monoisotopic (exact) mass is 354 g/mol. The minimum Gasteiger partial charge on any atom is -0.493 e. The number of aromatic nitrogens is 4. The maximum Gasteiger partial charge on any atom is 0.227 e. The van der Waals surface area contributed by atoms with Gasteiger partial charge in [0.2, 0.25) is 5.95 Å². The minimum atomic E-state index is 0.420. The second kappa shape index (κ2) is 6.70. The smallest absolute Gasteiger partial charge is 0.227 e. The second-order valence-electron chi connectivity index (χ2n) is 6.34. The summed E-state index contributed by atoms with van der Waals surface area (Å²) in [6.45, 7) is 1.73. The predicted octanol–water partition coefficient (Wildman–Crippen LogP) is 2.27. The average Bonchev–Trinajstić information content (AvgIpc) is 3.22. The van der Waals surface area contributed by atoms with Crippen molar-refractivity contribution in [1.82, 2.24) is 19.7 Å². The molecule has 0 amide bonds. The fraction of sp³-hybridized carbons (Fsp3) is 0.389. The summed E-state index contributed by atoms with van der Waals surface area (Å²) in [4.78, 5) is 11.4. The third kappa shape index (κ3) is 2.87. The molecule has 0 aliphatic carbocycles. The summed E-state index contributed by atoms with van der Waals surface area (Å²) in [5.41, 5.74) is 6.94. The van der Waals surface area contributed by atoms with Crippen LogP contribution in [0.2, 0.25) is 0 Å². The number of nitrogens with zero attached hydrogens (tertiary/aromatic N) is 5. The van der Waals surface area contributed by atoms with Crippen molar-refractivity contribution in [2.45, 2.75) is 18.9 Å². The maximum atomic E-state index is 6.20. The van der Waals surface area contributed by atoms with Gasteiger partial charge in [0.05, 0.1) is 25.8 Å². The zero-order chi connectivity index (χ0) is 18.1. The van der Waals surface area contributed by atoms with E-state index in [-0.39, 0.29) is 0 Å². The molecule has 0 saturated carbocycles. The molecule has 0 bridgehead atoms. The quantitative estimate of drug-likeness (QED) is 0.768. The van der Waals surface area contributed by atoms with Crippen LogP contribution in [0.5, 0.6) is 11.5 Å². The van der Waals surface area contributed by atoms with Gasteiger partial charge in [0.25, 0.3) is 0 Å². The van der Waals surface area contributed by atoms with Crippen LogP contribution in [0.15, 0.2) is 30.6 Å². The van der Waals surface area contributed by atoms with E-state index < -0.39 is 0 Å². The van der Waals surface area contributed by atoms with Crippen LogP contribution in [0, 0.1) is 0 Å². The van der Waals surface area contributed by atoms with Crippen molar-refractivity contribution in [3.05, 3.63) is 30.6 Å². The predicted molar refractivity (Wildman–Crippen MR) is 99.8 cm³/mol. The Kier molecular flexibility index (Phi) is 4.24. The van der Waals surface area contributed by atoms with E-state index in [2.05, 4.69) is 15.0 Å². The summed E-state index contributed by atoms with van der Waals surface area (Å²) in [5, 5.41) is 5.11. The molecule has 3 aromatic rings. The maximum absolute atomic E-state index is 6.20. The van der Waals surface area contributed by atoms with E-state index >= 15 is 0 Å². The molecule has 1 fully saturated rings. The molecule has 1 aliphatic heterocycles. The van der Waals surface area contributed by atoms with E-state index in [1.165, 1.54) is 0 Å². The first-order valence-corrected chi connectivity index (χ1v) is 8.63. The Labute approximate surface area is 151 Å². The number of piperidine rings is 1. The molecule has 0 spiro atoms. The third-order valence-electron chi connectivity index (χ3n) is 4.87. The molecule has 3 heterocycles. The number of hydrogen-bond acceptors (Lipinski definition) is 7. The zero-order valence-corrected chi connectivity index (χ0v) is 14.9. The normalized spacial score (nSPS) is 15.4. The minimum absolute atomic E-state index is 0.420. The second-order valence-corrected chi connectivity index (χ2v) is 6.34. The first-order chi connectivity index (χ1) is 12.7. The molecular weight excluding hydrogens is 332 g/mol. The molecule has 1 aromatic carbocycles. The molecule has 4 rings (SSSR count). The van der Waals surface area contributed by atoms with E-state index in [9.17, 15) is 0 Å². The van der Waals surface area contributed by atoms with Gasteiger partial charge in [0.15, 0.2) is 11.5 Å². The first-order valence-electron chi connectivity index (χ1n) is 8.63. The zero-order valence-electron chi connectivity index (χ0n) is 14.9. The van der Waals surface area contributed by atoms with Crippen LogP contribution in [0.3, 0.4) is 0 Å². The third-order valence-corrected chi connectivity index (χ3v) is 4.87. The van der Waals surface area contributed by atoms with Gasteiger partial charge in [-0.2, -0.15) is 10.1 Å². The summed E-state index contributed by atoms with van der Waals surface area (Å²) in [7, 11) is 3.20. The lowest BCUT2D eigenvalue weighted by Gasteiger charge is -2.32. The fourth-order valence-electron chi connectivity index (χ4n) is 3.44. The van der Waals surface area contributed by atoms with Crippen molar-refractivity contribution in [3.63, 3.8) is 0 Å². The van der Waals surface area contributed by atoms with Gasteiger partial charge in [-0.15, -0.1) is 0 Å². The van der Waals surface area contributed by atoms with E-state index in [1.54, 1.807) is 14.2 Å². The van der Waals surface area contributed by atoms with Crippen molar-refractivity contribution in [3.8, 4) is 11.5 Å². The summed E-state index contributed by atoms with van der Waals surface area (Å²) in [5.74, 6) is 2.34. The molecule has 2 aromatic heterocycles. The Balaban J connectivity index is 1.61. The first kappa shape index (κ1) is 16.4. The number of hydrogen-bond donors (Lipinski definition) is 1. The summed E-state index contributed by atoms with van der Waals surface area (Å²) >= 11 is 0. The molecule has 2 N–H and O–H groups in total. The largest absolute Gasteiger partial charge is 0.493 e. The summed E-state index contributed by atoms with van der Waals surface area (Å²) < 4.78 is 12.7. The number of nitrogens with two attached hydrogens (primary N) is 1. The Morgan fingerprint density at radius 3 is 2.46 bits per heavy atom. The molecule has 1 saturated heterocycles. The molecule has 0 radical (unpaired) electrons. The topological polar surface area (TPSA) is 91.3 Å². The Morgan fingerprint density at radius 2 is 1.81 bits per heavy atom. The Bertz CT molecular complexity index is 904.